The molecule has 5 nitrogen and oxygen atoms in total. The molecule has 0 unspecified atom stereocenters. The fraction of sp³-hybridized carbons (Fsp3) is 0.250. The summed E-state index contributed by atoms with van der Waals surface area (Å²) in [5, 5.41) is 18.5. The van der Waals surface area contributed by atoms with Crippen molar-refractivity contribution in [2.75, 3.05) is 0 Å². The van der Waals surface area contributed by atoms with Gasteiger partial charge in [-0.1, -0.05) is 0 Å². The Kier molecular flexibility index (Phi) is 3.86. The quantitative estimate of drug-likeness (QED) is 0.660. The number of rotatable bonds is 2. The molecule has 0 bridgehead atoms. The van der Waals surface area contributed by atoms with E-state index in [2.05, 4.69) is 15.3 Å². The molecule has 0 aliphatic heterocycles. The summed E-state index contributed by atoms with van der Waals surface area (Å²) in [5.41, 5.74) is 1.74. The summed E-state index contributed by atoms with van der Waals surface area (Å²) < 4.78 is 38.4. The van der Waals surface area contributed by atoms with Crippen molar-refractivity contribution in [1.29, 1.82) is 0 Å². The van der Waals surface area contributed by atoms with Crippen molar-refractivity contribution in [3.8, 4) is 5.75 Å². The summed E-state index contributed by atoms with van der Waals surface area (Å²) in [5.74, 6) is -1.08. The summed E-state index contributed by atoms with van der Waals surface area (Å²) in [7, 11) is 0. The molecular formula is C12H11F3N4OS. The molecule has 1 aromatic carbocycles. The molecule has 0 amide bonds. The zero-order valence-corrected chi connectivity index (χ0v) is 11.9. The molecule has 1 aromatic heterocycles. The third-order valence-electron chi connectivity index (χ3n) is 2.74. The molecule has 2 N–H and O–H groups in total. The van der Waals surface area contributed by atoms with Crippen LogP contribution in [0.5, 0.6) is 5.75 Å². The lowest BCUT2D eigenvalue weighted by Crippen LogP contribution is -2.12. The van der Waals surface area contributed by atoms with Gasteiger partial charge in [-0.2, -0.15) is 22.9 Å². The van der Waals surface area contributed by atoms with Crippen LogP contribution in [0.3, 0.4) is 0 Å². The summed E-state index contributed by atoms with van der Waals surface area (Å²) in [6, 6.07) is 3.20. The average Bonchev–Trinajstić information content (AvgIpc) is 2.74. The molecule has 0 saturated carbocycles. The van der Waals surface area contributed by atoms with Gasteiger partial charge in [-0.05, 0) is 54.9 Å². The molecule has 0 aliphatic carbocycles. The lowest BCUT2D eigenvalue weighted by atomic mass is 10.1. The Bertz CT molecular complexity index is 738. The first-order chi connectivity index (χ1) is 9.70. The second-order valence-electron chi connectivity index (χ2n) is 4.41. The van der Waals surface area contributed by atoms with E-state index in [9.17, 15) is 18.3 Å². The molecular weight excluding hydrogens is 305 g/mol. The largest absolute Gasteiger partial charge is 0.507 e. The third-order valence-corrected chi connectivity index (χ3v) is 3.00. The van der Waals surface area contributed by atoms with Crippen LogP contribution in [0.25, 0.3) is 0 Å². The minimum absolute atomic E-state index is 0.142. The SMILES string of the molecule is Cc1cc(/C=N/n2c(C(F)(F)F)n[nH]c2=S)cc(C)c1O. The Morgan fingerprint density at radius 1 is 1.33 bits per heavy atom. The summed E-state index contributed by atoms with van der Waals surface area (Å²) in [6.45, 7) is 3.37. The number of nitrogens with zero attached hydrogens (tertiary/aromatic N) is 3. The van der Waals surface area contributed by atoms with Crippen molar-refractivity contribution < 1.29 is 18.3 Å². The highest BCUT2D eigenvalue weighted by molar-refractivity contribution is 7.71. The number of H-pyrrole nitrogens is 1. The number of aromatic amines is 1. The number of phenolic OH excluding ortho intramolecular Hbond substituents is 1. The standard InChI is InChI=1S/C12H11F3N4OS/c1-6-3-8(4-7(2)9(6)20)5-16-19-10(12(13,14)15)17-18-11(19)21/h3-5,20H,1-2H3,(H,18,21)/b16-5+. The van der Waals surface area contributed by atoms with E-state index >= 15 is 0 Å². The highest BCUT2D eigenvalue weighted by Crippen LogP contribution is 2.27. The van der Waals surface area contributed by atoms with Crippen molar-refractivity contribution >= 4 is 18.4 Å². The van der Waals surface area contributed by atoms with Crippen LogP contribution in [-0.4, -0.2) is 26.2 Å². The van der Waals surface area contributed by atoms with E-state index in [1.54, 1.807) is 26.0 Å². The zero-order chi connectivity index (χ0) is 15.8. The minimum atomic E-state index is -4.66. The van der Waals surface area contributed by atoms with Crippen molar-refractivity contribution in [2.45, 2.75) is 20.0 Å². The van der Waals surface area contributed by atoms with Crippen LogP contribution in [0.2, 0.25) is 0 Å². The van der Waals surface area contributed by atoms with Gasteiger partial charge in [-0.15, -0.1) is 5.10 Å². The Labute approximate surface area is 122 Å². The first kappa shape index (κ1) is 15.2. The number of aromatic hydroxyl groups is 1. The first-order valence-electron chi connectivity index (χ1n) is 5.79. The molecule has 1 heterocycles. The first-order valence-corrected chi connectivity index (χ1v) is 6.20. The number of nitrogens with one attached hydrogen (secondary N) is 1. The topological polar surface area (TPSA) is 66.2 Å². The Morgan fingerprint density at radius 3 is 2.43 bits per heavy atom. The molecule has 112 valence electrons. The van der Waals surface area contributed by atoms with Gasteiger partial charge in [-0.3, -0.25) is 0 Å². The molecule has 9 heteroatoms. The molecule has 2 aromatic rings. The predicted molar refractivity (Wildman–Crippen MR) is 73.0 cm³/mol. The molecule has 0 spiro atoms. The number of aryl methyl sites for hydroxylation is 2. The smallest absolute Gasteiger partial charge is 0.453 e. The number of hydrogen-bond acceptors (Lipinski definition) is 4. The number of halogens is 3. The highest BCUT2D eigenvalue weighted by Gasteiger charge is 2.37. The molecule has 21 heavy (non-hydrogen) atoms. The maximum atomic E-state index is 12.7. The highest BCUT2D eigenvalue weighted by atomic mass is 32.1. The number of phenols is 1. The van der Waals surface area contributed by atoms with E-state index in [4.69, 9.17) is 12.2 Å². The normalized spacial score (nSPS) is 12.2. The van der Waals surface area contributed by atoms with Crippen LogP contribution < -0.4 is 0 Å². The lowest BCUT2D eigenvalue weighted by molar-refractivity contribution is -0.147. The number of alkyl halides is 3. The van der Waals surface area contributed by atoms with E-state index in [0.717, 1.165) is 0 Å². The summed E-state index contributed by atoms with van der Waals surface area (Å²) in [4.78, 5) is 0. The van der Waals surface area contributed by atoms with Crippen LogP contribution >= 0.6 is 12.2 Å². The van der Waals surface area contributed by atoms with Gasteiger partial charge >= 0.3 is 6.18 Å². The van der Waals surface area contributed by atoms with Gasteiger partial charge in [0.15, 0.2) is 0 Å². The van der Waals surface area contributed by atoms with Crippen molar-refractivity contribution in [2.24, 2.45) is 5.10 Å². The molecule has 0 atom stereocenters. The van der Waals surface area contributed by atoms with Crippen molar-refractivity contribution in [3.05, 3.63) is 39.4 Å². The van der Waals surface area contributed by atoms with Gasteiger partial charge < -0.3 is 5.11 Å². The average molecular weight is 316 g/mol. The van der Waals surface area contributed by atoms with E-state index in [1.807, 2.05) is 0 Å². The van der Waals surface area contributed by atoms with Gasteiger partial charge in [0, 0.05) is 0 Å². The van der Waals surface area contributed by atoms with Crippen molar-refractivity contribution in [3.63, 3.8) is 0 Å². The van der Waals surface area contributed by atoms with Crippen LogP contribution in [0.1, 0.15) is 22.5 Å². The van der Waals surface area contributed by atoms with Gasteiger partial charge in [0.2, 0.25) is 4.77 Å². The van der Waals surface area contributed by atoms with E-state index in [1.165, 1.54) is 6.21 Å². The maximum Gasteiger partial charge on any atom is 0.453 e. The number of benzene rings is 1. The molecule has 0 aliphatic rings. The Balaban J connectivity index is 2.44. The van der Waals surface area contributed by atoms with Gasteiger partial charge in [0.05, 0.1) is 6.21 Å². The fourth-order valence-corrected chi connectivity index (χ4v) is 1.95. The molecule has 0 saturated heterocycles. The molecule has 2 rings (SSSR count). The maximum absolute atomic E-state index is 12.7. The third kappa shape index (κ3) is 3.13. The number of aromatic nitrogens is 3. The second kappa shape index (κ2) is 5.32. The fourth-order valence-electron chi connectivity index (χ4n) is 1.77. The summed E-state index contributed by atoms with van der Waals surface area (Å²) in [6.07, 6.45) is -3.44. The minimum Gasteiger partial charge on any atom is -0.507 e. The van der Waals surface area contributed by atoms with Crippen LogP contribution in [0, 0.1) is 18.6 Å². The van der Waals surface area contributed by atoms with E-state index in [0.29, 0.717) is 21.4 Å². The van der Waals surface area contributed by atoms with Gasteiger partial charge in [0.1, 0.15) is 5.75 Å². The van der Waals surface area contributed by atoms with Crippen LogP contribution in [0.15, 0.2) is 17.2 Å². The van der Waals surface area contributed by atoms with E-state index in [-0.39, 0.29) is 10.5 Å². The molecule has 0 fully saturated rings. The predicted octanol–water partition coefficient (Wildman–Crippen LogP) is 3.16. The van der Waals surface area contributed by atoms with Gasteiger partial charge in [-0.25, -0.2) is 5.10 Å². The summed E-state index contributed by atoms with van der Waals surface area (Å²) >= 11 is 4.72. The van der Waals surface area contributed by atoms with E-state index < -0.39 is 12.0 Å². The number of hydrogen-bond donors (Lipinski definition) is 2. The Hall–Kier alpha value is -2.16. The second-order valence-corrected chi connectivity index (χ2v) is 4.80. The van der Waals surface area contributed by atoms with Gasteiger partial charge in [0.25, 0.3) is 5.82 Å². The molecule has 0 radical (unpaired) electrons. The van der Waals surface area contributed by atoms with Crippen molar-refractivity contribution in [1.82, 2.24) is 14.9 Å². The Morgan fingerprint density at radius 2 is 1.90 bits per heavy atom. The van der Waals surface area contributed by atoms with Crippen LogP contribution in [0.4, 0.5) is 13.2 Å². The monoisotopic (exact) mass is 316 g/mol. The van der Waals surface area contributed by atoms with Crippen LogP contribution in [-0.2, 0) is 6.18 Å². The zero-order valence-electron chi connectivity index (χ0n) is 11.1. The lowest BCUT2D eigenvalue weighted by Gasteiger charge is -2.06.